The fraction of sp³-hybridized carbons (Fsp3) is 0.273. The van der Waals surface area contributed by atoms with Gasteiger partial charge in [-0.2, -0.15) is 5.10 Å². The molecule has 0 bridgehead atoms. The summed E-state index contributed by atoms with van der Waals surface area (Å²) in [6.07, 6.45) is 1.85. The Kier molecular flexibility index (Phi) is 5.26. The van der Waals surface area contributed by atoms with Crippen LogP contribution in [-0.4, -0.2) is 25.7 Å². The minimum Gasteiger partial charge on any atom is -0.339 e. The summed E-state index contributed by atoms with van der Waals surface area (Å²) < 4.78 is 2.73. The summed E-state index contributed by atoms with van der Waals surface area (Å²) in [5.41, 5.74) is 3.65. The molecule has 154 valence electrons. The first-order valence-corrected chi connectivity index (χ1v) is 10.6. The van der Waals surface area contributed by atoms with E-state index in [9.17, 15) is 4.79 Å². The highest BCUT2D eigenvalue weighted by Crippen LogP contribution is 2.27. The van der Waals surface area contributed by atoms with E-state index in [1.54, 1.807) is 22.3 Å². The maximum atomic E-state index is 12.5. The van der Waals surface area contributed by atoms with Crippen LogP contribution in [0, 0.1) is 0 Å². The highest BCUT2D eigenvalue weighted by atomic mass is 32.1. The molecule has 2 N–H and O–H groups in total. The Balaban J connectivity index is 1.40. The van der Waals surface area contributed by atoms with Crippen LogP contribution < -0.4 is 10.6 Å². The van der Waals surface area contributed by atoms with Crippen molar-refractivity contribution in [2.24, 2.45) is 7.05 Å². The summed E-state index contributed by atoms with van der Waals surface area (Å²) in [7, 11) is 1.84. The Bertz CT molecular complexity index is 1190. The van der Waals surface area contributed by atoms with Gasteiger partial charge in [0.25, 0.3) is 0 Å². The molecular formula is C22H24N6OS. The van der Waals surface area contributed by atoms with Crippen molar-refractivity contribution in [2.75, 3.05) is 10.6 Å². The molecule has 0 unspecified atom stereocenters. The summed E-state index contributed by atoms with van der Waals surface area (Å²) in [5, 5.41) is 12.8. The number of hydrogen-bond donors (Lipinski definition) is 2. The lowest BCUT2D eigenvalue weighted by Crippen LogP contribution is -2.16. The molecule has 0 aliphatic heterocycles. The van der Waals surface area contributed by atoms with E-state index in [0.717, 1.165) is 33.0 Å². The van der Waals surface area contributed by atoms with Crippen molar-refractivity contribution in [3.63, 3.8) is 0 Å². The second-order valence-corrected chi connectivity index (χ2v) is 9.11. The zero-order chi connectivity index (χ0) is 21.3. The molecule has 0 aliphatic carbocycles. The maximum absolute atomic E-state index is 12.5. The van der Waals surface area contributed by atoms with Gasteiger partial charge in [0, 0.05) is 24.2 Å². The number of nitrogens with zero attached hydrogens (tertiary/aromatic N) is 4. The minimum atomic E-state index is -0.0738. The molecule has 4 aromatic rings. The summed E-state index contributed by atoms with van der Waals surface area (Å²) in [4.78, 5) is 21.1. The van der Waals surface area contributed by atoms with Crippen LogP contribution in [0.3, 0.4) is 0 Å². The van der Waals surface area contributed by atoms with Crippen molar-refractivity contribution < 1.29 is 4.79 Å². The van der Waals surface area contributed by atoms with Crippen molar-refractivity contribution in [3.8, 4) is 0 Å². The average molecular weight is 421 g/mol. The lowest BCUT2D eigenvalue weighted by molar-refractivity contribution is -0.115. The standard InChI is InChI=1S/C22H24N6OS/c1-22(2,3)17-12-18(28(4)27-17)26-19(29)11-14-5-7-15(8-6-14)25-21-20-16(9-10-30-20)23-13-24-21/h5-10,12-13H,11H2,1-4H3,(H,26,29)(H,23,24,25). The number of thiophene rings is 1. The number of benzene rings is 1. The first kappa shape index (κ1) is 20.0. The van der Waals surface area contributed by atoms with E-state index in [4.69, 9.17) is 0 Å². The number of fused-ring (bicyclic) bond motifs is 1. The topological polar surface area (TPSA) is 84.7 Å². The van der Waals surface area contributed by atoms with E-state index in [1.165, 1.54) is 0 Å². The van der Waals surface area contributed by atoms with Gasteiger partial charge < -0.3 is 10.6 Å². The third-order valence-electron chi connectivity index (χ3n) is 4.74. The van der Waals surface area contributed by atoms with Crippen molar-refractivity contribution >= 4 is 44.8 Å². The van der Waals surface area contributed by atoms with Crippen LogP contribution >= 0.6 is 11.3 Å². The van der Waals surface area contributed by atoms with Crippen LogP contribution in [0.25, 0.3) is 10.2 Å². The van der Waals surface area contributed by atoms with Gasteiger partial charge in [-0.15, -0.1) is 11.3 Å². The molecule has 0 spiro atoms. The lowest BCUT2D eigenvalue weighted by Gasteiger charge is -2.13. The molecule has 0 radical (unpaired) electrons. The molecule has 1 amide bonds. The number of anilines is 3. The molecule has 7 nitrogen and oxygen atoms in total. The zero-order valence-corrected chi connectivity index (χ0v) is 18.2. The van der Waals surface area contributed by atoms with Crippen LogP contribution in [0.5, 0.6) is 0 Å². The van der Waals surface area contributed by atoms with E-state index >= 15 is 0 Å². The van der Waals surface area contributed by atoms with Crippen LogP contribution in [0.1, 0.15) is 32.0 Å². The summed E-state index contributed by atoms with van der Waals surface area (Å²) >= 11 is 1.60. The number of amides is 1. The van der Waals surface area contributed by atoms with Crippen molar-refractivity contribution in [3.05, 3.63) is 59.4 Å². The van der Waals surface area contributed by atoms with Crippen LogP contribution in [-0.2, 0) is 23.7 Å². The van der Waals surface area contributed by atoms with Crippen molar-refractivity contribution in [1.82, 2.24) is 19.7 Å². The molecule has 0 saturated carbocycles. The zero-order valence-electron chi connectivity index (χ0n) is 17.4. The van der Waals surface area contributed by atoms with Gasteiger partial charge in [-0.3, -0.25) is 9.48 Å². The number of aryl methyl sites for hydroxylation is 1. The molecule has 0 aliphatic rings. The van der Waals surface area contributed by atoms with Gasteiger partial charge in [0.1, 0.15) is 12.1 Å². The Morgan fingerprint density at radius 1 is 1.13 bits per heavy atom. The number of rotatable bonds is 5. The average Bonchev–Trinajstić information content (AvgIpc) is 3.31. The van der Waals surface area contributed by atoms with E-state index in [-0.39, 0.29) is 11.3 Å². The first-order chi connectivity index (χ1) is 14.3. The summed E-state index contributed by atoms with van der Waals surface area (Å²) in [6, 6.07) is 11.7. The fourth-order valence-electron chi connectivity index (χ4n) is 3.04. The van der Waals surface area contributed by atoms with Gasteiger partial charge in [0.15, 0.2) is 5.82 Å². The molecular weight excluding hydrogens is 396 g/mol. The number of nitrogens with one attached hydrogen (secondary N) is 2. The maximum Gasteiger partial charge on any atom is 0.229 e. The number of hydrogen-bond acceptors (Lipinski definition) is 6. The Hall–Kier alpha value is -3.26. The fourth-order valence-corrected chi connectivity index (χ4v) is 3.83. The summed E-state index contributed by atoms with van der Waals surface area (Å²) in [5.74, 6) is 1.41. The molecule has 8 heteroatoms. The molecule has 0 atom stereocenters. The van der Waals surface area contributed by atoms with Crippen LogP contribution in [0.15, 0.2) is 48.1 Å². The Morgan fingerprint density at radius 2 is 1.90 bits per heavy atom. The largest absolute Gasteiger partial charge is 0.339 e. The van der Waals surface area contributed by atoms with E-state index in [1.807, 2.05) is 48.8 Å². The second kappa shape index (κ2) is 7.87. The van der Waals surface area contributed by atoms with Gasteiger partial charge in [-0.05, 0) is 29.1 Å². The van der Waals surface area contributed by atoms with E-state index in [0.29, 0.717) is 12.2 Å². The van der Waals surface area contributed by atoms with Gasteiger partial charge in [0.05, 0.1) is 22.3 Å². The third kappa shape index (κ3) is 4.33. The highest BCUT2D eigenvalue weighted by Gasteiger charge is 2.19. The van der Waals surface area contributed by atoms with E-state index in [2.05, 4.69) is 46.5 Å². The summed E-state index contributed by atoms with van der Waals surface area (Å²) in [6.45, 7) is 6.30. The Morgan fingerprint density at radius 3 is 2.60 bits per heavy atom. The second-order valence-electron chi connectivity index (χ2n) is 8.19. The molecule has 4 rings (SSSR count). The molecule has 0 fully saturated rings. The Labute approximate surface area is 179 Å². The molecule has 3 aromatic heterocycles. The SMILES string of the molecule is Cn1nc(C(C)(C)C)cc1NC(=O)Cc1ccc(Nc2ncnc3ccsc23)cc1. The molecule has 30 heavy (non-hydrogen) atoms. The number of aromatic nitrogens is 4. The molecule has 0 saturated heterocycles. The highest BCUT2D eigenvalue weighted by molar-refractivity contribution is 7.17. The normalized spacial score (nSPS) is 11.6. The first-order valence-electron chi connectivity index (χ1n) is 9.68. The van der Waals surface area contributed by atoms with Crippen LogP contribution in [0.2, 0.25) is 0 Å². The van der Waals surface area contributed by atoms with Crippen molar-refractivity contribution in [2.45, 2.75) is 32.6 Å². The predicted molar refractivity (Wildman–Crippen MR) is 121 cm³/mol. The van der Waals surface area contributed by atoms with Crippen LogP contribution in [0.4, 0.5) is 17.3 Å². The van der Waals surface area contributed by atoms with Gasteiger partial charge in [-0.25, -0.2) is 9.97 Å². The number of carbonyl (C=O) groups excluding carboxylic acids is 1. The smallest absolute Gasteiger partial charge is 0.229 e. The third-order valence-corrected chi connectivity index (χ3v) is 5.65. The minimum absolute atomic E-state index is 0.0675. The van der Waals surface area contributed by atoms with E-state index < -0.39 is 0 Å². The van der Waals surface area contributed by atoms with Crippen molar-refractivity contribution in [1.29, 1.82) is 0 Å². The molecule has 1 aromatic carbocycles. The van der Waals surface area contributed by atoms with Gasteiger partial charge in [-0.1, -0.05) is 32.9 Å². The molecule has 3 heterocycles. The lowest BCUT2D eigenvalue weighted by atomic mass is 9.92. The van der Waals surface area contributed by atoms with Gasteiger partial charge >= 0.3 is 0 Å². The quantitative estimate of drug-likeness (QED) is 0.491. The predicted octanol–water partition coefficient (Wildman–Crippen LogP) is 4.65. The monoisotopic (exact) mass is 420 g/mol. The van der Waals surface area contributed by atoms with Gasteiger partial charge in [0.2, 0.25) is 5.91 Å². The number of carbonyl (C=O) groups is 1.